The minimum Gasteiger partial charge on any atom is -0.349 e. The Bertz CT molecular complexity index is 924. The van der Waals surface area contributed by atoms with Gasteiger partial charge in [0.25, 0.3) is 11.8 Å². The van der Waals surface area contributed by atoms with Gasteiger partial charge in [0.15, 0.2) is 0 Å². The molecule has 0 bridgehead atoms. The second kappa shape index (κ2) is 7.00. The molecule has 1 fully saturated rings. The fourth-order valence-electron chi connectivity index (χ4n) is 3.35. The number of benzene rings is 1. The second-order valence-corrected chi connectivity index (χ2v) is 6.55. The maximum absolute atomic E-state index is 12.6. The summed E-state index contributed by atoms with van der Waals surface area (Å²) in [6, 6.07) is 12.9. The Morgan fingerprint density at radius 3 is 2.58 bits per heavy atom. The van der Waals surface area contributed by atoms with Gasteiger partial charge in [-0.2, -0.15) is 0 Å². The molecule has 6 nitrogen and oxygen atoms in total. The molecule has 1 aliphatic rings. The van der Waals surface area contributed by atoms with E-state index in [2.05, 4.69) is 15.6 Å². The van der Waals surface area contributed by atoms with E-state index in [1.807, 2.05) is 24.4 Å². The molecule has 0 aliphatic heterocycles. The summed E-state index contributed by atoms with van der Waals surface area (Å²) in [5.74, 6) is -0.488. The first-order chi connectivity index (χ1) is 12.7. The molecule has 0 spiro atoms. The van der Waals surface area contributed by atoms with Crippen molar-refractivity contribution in [1.82, 2.24) is 14.7 Å². The van der Waals surface area contributed by atoms with Crippen LogP contribution in [-0.2, 0) is 0 Å². The summed E-state index contributed by atoms with van der Waals surface area (Å²) in [5.41, 5.74) is 1.97. The summed E-state index contributed by atoms with van der Waals surface area (Å²) in [5, 5.41) is 5.88. The predicted molar refractivity (Wildman–Crippen MR) is 99.3 cm³/mol. The number of aromatic nitrogens is 2. The van der Waals surface area contributed by atoms with Crippen LogP contribution in [0.15, 0.2) is 54.9 Å². The largest absolute Gasteiger partial charge is 0.349 e. The van der Waals surface area contributed by atoms with E-state index in [1.54, 1.807) is 34.9 Å². The molecule has 6 heteroatoms. The fraction of sp³-hybridized carbons (Fsp3) is 0.250. The van der Waals surface area contributed by atoms with Gasteiger partial charge in [-0.15, -0.1) is 0 Å². The number of fused-ring (bicyclic) bond motifs is 1. The van der Waals surface area contributed by atoms with Crippen molar-refractivity contribution in [3.63, 3.8) is 0 Å². The average molecular weight is 348 g/mol. The van der Waals surface area contributed by atoms with Crippen LogP contribution < -0.4 is 10.6 Å². The molecule has 2 aromatic heterocycles. The number of hydrogen-bond donors (Lipinski definition) is 2. The maximum Gasteiger partial charge on any atom is 0.275 e. The monoisotopic (exact) mass is 348 g/mol. The molecule has 0 unspecified atom stereocenters. The van der Waals surface area contributed by atoms with Crippen molar-refractivity contribution in [1.29, 1.82) is 0 Å². The van der Waals surface area contributed by atoms with Crippen LogP contribution in [0.2, 0.25) is 0 Å². The molecule has 2 heterocycles. The van der Waals surface area contributed by atoms with Gasteiger partial charge in [0.1, 0.15) is 11.3 Å². The first-order valence-electron chi connectivity index (χ1n) is 8.86. The van der Waals surface area contributed by atoms with Crippen LogP contribution in [0.1, 0.15) is 46.5 Å². The van der Waals surface area contributed by atoms with E-state index in [4.69, 9.17) is 0 Å². The summed E-state index contributed by atoms with van der Waals surface area (Å²) in [4.78, 5) is 29.5. The zero-order valence-electron chi connectivity index (χ0n) is 14.3. The Hall–Kier alpha value is -3.15. The van der Waals surface area contributed by atoms with Gasteiger partial charge in [-0.25, -0.2) is 4.98 Å². The zero-order valence-corrected chi connectivity index (χ0v) is 14.3. The Morgan fingerprint density at radius 1 is 1.00 bits per heavy atom. The number of anilines is 1. The number of carbonyl (C=O) groups excluding carboxylic acids is 2. The predicted octanol–water partition coefficient (Wildman–Crippen LogP) is 3.26. The Labute approximate surface area is 151 Å². The highest BCUT2D eigenvalue weighted by atomic mass is 16.2. The van der Waals surface area contributed by atoms with Crippen LogP contribution >= 0.6 is 0 Å². The molecule has 2 amide bonds. The van der Waals surface area contributed by atoms with Gasteiger partial charge in [0.05, 0.1) is 11.3 Å². The van der Waals surface area contributed by atoms with E-state index >= 15 is 0 Å². The molecule has 0 radical (unpaired) electrons. The molecule has 3 aromatic rings. The van der Waals surface area contributed by atoms with Gasteiger partial charge in [-0.1, -0.05) is 31.0 Å². The van der Waals surface area contributed by atoms with Crippen molar-refractivity contribution >= 4 is 23.1 Å². The number of rotatable bonds is 4. The lowest BCUT2D eigenvalue weighted by molar-refractivity contribution is 0.0939. The third-order valence-corrected chi connectivity index (χ3v) is 4.71. The molecule has 1 aromatic carbocycles. The van der Waals surface area contributed by atoms with Gasteiger partial charge >= 0.3 is 0 Å². The lowest BCUT2D eigenvalue weighted by Crippen LogP contribution is -2.33. The first-order valence-corrected chi connectivity index (χ1v) is 8.86. The van der Waals surface area contributed by atoms with E-state index in [-0.39, 0.29) is 17.9 Å². The van der Waals surface area contributed by atoms with Crippen molar-refractivity contribution in [3.8, 4) is 0 Å². The number of hydrogen-bond acceptors (Lipinski definition) is 3. The summed E-state index contributed by atoms with van der Waals surface area (Å²) < 4.78 is 1.79. The number of imidazole rings is 1. The Balaban J connectivity index is 1.54. The highest BCUT2D eigenvalue weighted by Gasteiger charge is 2.20. The summed E-state index contributed by atoms with van der Waals surface area (Å²) in [7, 11) is 0. The molecule has 0 atom stereocenters. The van der Waals surface area contributed by atoms with Crippen molar-refractivity contribution < 1.29 is 9.59 Å². The number of amides is 2. The maximum atomic E-state index is 12.6. The van der Waals surface area contributed by atoms with Gasteiger partial charge in [-0.3, -0.25) is 9.59 Å². The molecule has 2 N–H and O–H groups in total. The van der Waals surface area contributed by atoms with E-state index < -0.39 is 0 Å². The lowest BCUT2D eigenvalue weighted by atomic mass is 10.1. The highest BCUT2D eigenvalue weighted by molar-refractivity contribution is 6.08. The van der Waals surface area contributed by atoms with Crippen LogP contribution in [0.3, 0.4) is 0 Å². The SMILES string of the molecule is O=C(Nc1ccccc1C(=O)NC1CCCC1)c1cn2ccccc2n1. The minimum absolute atomic E-state index is 0.150. The normalized spacial score (nSPS) is 14.5. The summed E-state index contributed by atoms with van der Waals surface area (Å²) in [6.45, 7) is 0. The first kappa shape index (κ1) is 16.3. The van der Waals surface area contributed by atoms with Gasteiger partial charge in [0, 0.05) is 18.4 Å². The number of carbonyl (C=O) groups is 2. The van der Waals surface area contributed by atoms with E-state index in [9.17, 15) is 9.59 Å². The van der Waals surface area contributed by atoms with E-state index in [0.717, 1.165) is 25.7 Å². The molecular weight excluding hydrogens is 328 g/mol. The van der Waals surface area contributed by atoms with Gasteiger partial charge in [0.2, 0.25) is 0 Å². The van der Waals surface area contributed by atoms with Crippen LogP contribution in [0.4, 0.5) is 5.69 Å². The van der Waals surface area contributed by atoms with Crippen molar-refractivity contribution in [2.45, 2.75) is 31.7 Å². The van der Waals surface area contributed by atoms with Crippen molar-refractivity contribution in [2.24, 2.45) is 0 Å². The van der Waals surface area contributed by atoms with Gasteiger partial charge < -0.3 is 15.0 Å². The summed E-state index contributed by atoms with van der Waals surface area (Å²) in [6.07, 6.45) is 7.84. The van der Waals surface area contributed by atoms with Crippen molar-refractivity contribution in [2.75, 3.05) is 5.32 Å². The number of para-hydroxylation sites is 1. The summed E-state index contributed by atoms with van der Waals surface area (Å²) >= 11 is 0. The molecule has 132 valence electrons. The standard InChI is InChI=1S/C20H20N4O2/c25-19(21-14-7-1-2-8-14)15-9-3-4-10-16(15)23-20(26)17-13-24-12-6-5-11-18(24)22-17/h3-6,9-14H,1-2,7-8H2,(H,21,25)(H,23,26). The molecule has 26 heavy (non-hydrogen) atoms. The number of pyridine rings is 1. The smallest absolute Gasteiger partial charge is 0.275 e. The lowest BCUT2D eigenvalue weighted by Gasteiger charge is -2.14. The zero-order chi connectivity index (χ0) is 17.9. The minimum atomic E-state index is -0.338. The molecule has 1 saturated carbocycles. The topological polar surface area (TPSA) is 75.5 Å². The Kier molecular flexibility index (Phi) is 4.39. The average Bonchev–Trinajstić information content (AvgIpc) is 3.31. The van der Waals surface area contributed by atoms with Crippen LogP contribution in [0, 0.1) is 0 Å². The second-order valence-electron chi connectivity index (χ2n) is 6.55. The number of nitrogens with zero attached hydrogens (tertiary/aromatic N) is 2. The molecule has 4 rings (SSSR count). The molecular formula is C20H20N4O2. The highest BCUT2D eigenvalue weighted by Crippen LogP contribution is 2.21. The fourth-order valence-corrected chi connectivity index (χ4v) is 3.35. The Morgan fingerprint density at radius 2 is 1.77 bits per heavy atom. The molecule has 0 saturated heterocycles. The van der Waals surface area contributed by atoms with E-state index in [0.29, 0.717) is 22.6 Å². The third kappa shape index (κ3) is 3.31. The number of nitrogens with one attached hydrogen (secondary N) is 2. The van der Waals surface area contributed by atoms with E-state index in [1.165, 1.54) is 0 Å². The van der Waals surface area contributed by atoms with Crippen LogP contribution in [0.25, 0.3) is 5.65 Å². The molecule has 1 aliphatic carbocycles. The van der Waals surface area contributed by atoms with Crippen LogP contribution in [0.5, 0.6) is 0 Å². The van der Waals surface area contributed by atoms with Crippen molar-refractivity contribution in [3.05, 3.63) is 66.1 Å². The van der Waals surface area contributed by atoms with Crippen LogP contribution in [-0.4, -0.2) is 27.2 Å². The third-order valence-electron chi connectivity index (χ3n) is 4.71. The van der Waals surface area contributed by atoms with Gasteiger partial charge in [-0.05, 0) is 37.1 Å². The quantitative estimate of drug-likeness (QED) is 0.760.